The molecule has 0 fully saturated rings. The van der Waals surface area contributed by atoms with E-state index in [1.54, 1.807) is 19.2 Å². The largest absolute Gasteiger partial charge is 0.493 e. The molecule has 0 aliphatic rings. The topological polar surface area (TPSA) is 88.6 Å². The Hall–Kier alpha value is -2.84. The Morgan fingerprint density at radius 3 is 2.69 bits per heavy atom. The molecule has 2 aromatic carbocycles. The number of benzene rings is 2. The van der Waals surface area contributed by atoms with Gasteiger partial charge in [0.2, 0.25) is 0 Å². The van der Waals surface area contributed by atoms with Crippen molar-refractivity contribution in [3.63, 3.8) is 0 Å². The van der Waals surface area contributed by atoms with Gasteiger partial charge in [0.15, 0.2) is 17.2 Å². The molecule has 0 atom stereocenters. The van der Waals surface area contributed by atoms with Gasteiger partial charge in [-0.3, -0.25) is 9.89 Å². The van der Waals surface area contributed by atoms with Crippen molar-refractivity contribution >= 4 is 39.7 Å². The van der Waals surface area contributed by atoms with E-state index in [-0.39, 0.29) is 11.1 Å². The van der Waals surface area contributed by atoms with Crippen molar-refractivity contribution in [2.75, 3.05) is 7.11 Å². The molecule has 3 aromatic rings. The molecular formula is C23H24BrClN4O3. The summed E-state index contributed by atoms with van der Waals surface area (Å²) in [4.78, 5) is 12.3. The number of nitrogens with zero attached hydrogens (tertiary/aromatic N) is 2. The van der Waals surface area contributed by atoms with Crippen LogP contribution in [0.3, 0.4) is 0 Å². The monoisotopic (exact) mass is 518 g/mol. The molecule has 0 radical (unpaired) electrons. The molecule has 0 saturated carbocycles. The highest BCUT2D eigenvalue weighted by Gasteiger charge is 2.19. The van der Waals surface area contributed by atoms with Crippen LogP contribution in [-0.2, 0) is 12.0 Å². The predicted octanol–water partition coefficient (Wildman–Crippen LogP) is 5.47. The maximum Gasteiger partial charge on any atom is 0.291 e. The Balaban J connectivity index is 1.68. The number of aromatic amines is 1. The minimum atomic E-state index is -0.404. The first-order valence-corrected chi connectivity index (χ1v) is 11.0. The Labute approximate surface area is 200 Å². The van der Waals surface area contributed by atoms with Crippen molar-refractivity contribution in [2.45, 2.75) is 32.8 Å². The van der Waals surface area contributed by atoms with Gasteiger partial charge in [0.05, 0.1) is 17.8 Å². The molecule has 168 valence electrons. The second-order valence-electron chi connectivity index (χ2n) is 8.03. The fourth-order valence-electron chi connectivity index (χ4n) is 2.76. The zero-order valence-corrected chi connectivity index (χ0v) is 20.5. The van der Waals surface area contributed by atoms with Crippen LogP contribution in [0.15, 0.2) is 52.0 Å². The molecule has 1 amide bonds. The van der Waals surface area contributed by atoms with Crippen molar-refractivity contribution in [1.82, 2.24) is 15.6 Å². The summed E-state index contributed by atoms with van der Waals surface area (Å²) in [6.07, 6.45) is 1.51. The first kappa shape index (κ1) is 23.8. The van der Waals surface area contributed by atoms with Crippen LogP contribution < -0.4 is 14.9 Å². The summed E-state index contributed by atoms with van der Waals surface area (Å²) in [6.45, 7) is 6.40. The van der Waals surface area contributed by atoms with Crippen LogP contribution in [-0.4, -0.2) is 29.4 Å². The van der Waals surface area contributed by atoms with E-state index in [1.165, 1.54) is 6.21 Å². The summed E-state index contributed by atoms with van der Waals surface area (Å²) in [5.41, 5.74) is 5.06. The molecule has 0 spiro atoms. The van der Waals surface area contributed by atoms with Gasteiger partial charge in [0.1, 0.15) is 6.61 Å². The summed E-state index contributed by atoms with van der Waals surface area (Å²) in [6, 6.07) is 12.8. The Bertz CT molecular complexity index is 1140. The van der Waals surface area contributed by atoms with Crippen LogP contribution in [0.1, 0.15) is 48.1 Å². The third-order valence-corrected chi connectivity index (χ3v) is 5.54. The molecule has 0 aliphatic heterocycles. The van der Waals surface area contributed by atoms with E-state index in [1.807, 2.05) is 51.1 Å². The van der Waals surface area contributed by atoms with Crippen LogP contribution >= 0.6 is 27.5 Å². The number of nitrogens with one attached hydrogen (secondary N) is 2. The highest BCUT2D eigenvalue weighted by Crippen LogP contribution is 2.37. The number of rotatable bonds is 7. The van der Waals surface area contributed by atoms with Gasteiger partial charge < -0.3 is 9.47 Å². The van der Waals surface area contributed by atoms with Crippen LogP contribution in [0.2, 0.25) is 5.02 Å². The lowest BCUT2D eigenvalue weighted by Crippen LogP contribution is -2.18. The number of aromatic nitrogens is 2. The third-order valence-electron chi connectivity index (χ3n) is 4.58. The number of hydrogen-bond acceptors (Lipinski definition) is 5. The van der Waals surface area contributed by atoms with Crippen LogP contribution in [0, 0.1) is 0 Å². The summed E-state index contributed by atoms with van der Waals surface area (Å²) >= 11 is 9.71. The molecular weight excluding hydrogens is 496 g/mol. The lowest BCUT2D eigenvalue weighted by molar-refractivity contribution is 0.0950. The van der Waals surface area contributed by atoms with Crippen LogP contribution in [0.4, 0.5) is 0 Å². The van der Waals surface area contributed by atoms with E-state index in [0.29, 0.717) is 33.2 Å². The van der Waals surface area contributed by atoms with Gasteiger partial charge in [-0.15, -0.1) is 0 Å². The molecule has 0 saturated heterocycles. The summed E-state index contributed by atoms with van der Waals surface area (Å²) in [7, 11) is 1.55. The van der Waals surface area contributed by atoms with Crippen molar-refractivity contribution in [3.05, 3.63) is 74.5 Å². The van der Waals surface area contributed by atoms with E-state index in [0.717, 1.165) is 11.3 Å². The zero-order valence-electron chi connectivity index (χ0n) is 18.2. The van der Waals surface area contributed by atoms with Gasteiger partial charge in [-0.05, 0) is 45.8 Å². The number of carbonyl (C=O) groups excluding carboxylic acids is 1. The summed E-state index contributed by atoms with van der Waals surface area (Å²) in [5.74, 6) is 0.653. The minimum absolute atomic E-state index is 0.132. The fraction of sp³-hybridized carbons (Fsp3) is 0.261. The number of H-pyrrole nitrogens is 1. The highest BCUT2D eigenvalue weighted by molar-refractivity contribution is 9.10. The van der Waals surface area contributed by atoms with Crippen molar-refractivity contribution in [1.29, 1.82) is 0 Å². The number of methoxy groups -OCH3 is 1. The van der Waals surface area contributed by atoms with Gasteiger partial charge in [-0.25, -0.2) is 5.43 Å². The molecule has 9 heteroatoms. The third kappa shape index (κ3) is 5.89. The zero-order chi connectivity index (χ0) is 23.3. The van der Waals surface area contributed by atoms with E-state index < -0.39 is 5.91 Å². The predicted molar refractivity (Wildman–Crippen MR) is 129 cm³/mol. The highest BCUT2D eigenvalue weighted by atomic mass is 79.9. The molecule has 1 heterocycles. The molecule has 0 aliphatic carbocycles. The van der Waals surface area contributed by atoms with Gasteiger partial charge in [-0.2, -0.15) is 10.2 Å². The quantitative estimate of drug-likeness (QED) is 0.320. The smallest absolute Gasteiger partial charge is 0.291 e. The lowest BCUT2D eigenvalue weighted by Gasteiger charge is -2.14. The van der Waals surface area contributed by atoms with Crippen LogP contribution in [0.25, 0.3) is 0 Å². The van der Waals surface area contributed by atoms with Gasteiger partial charge in [0.25, 0.3) is 5.91 Å². The van der Waals surface area contributed by atoms with Crippen molar-refractivity contribution < 1.29 is 14.3 Å². The molecule has 3 rings (SSSR count). The van der Waals surface area contributed by atoms with Crippen molar-refractivity contribution in [2.24, 2.45) is 5.10 Å². The molecule has 32 heavy (non-hydrogen) atoms. The van der Waals surface area contributed by atoms with Gasteiger partial charge in [0, 0.05) is 21.7 Å². The van der Waals surface area contributed by atoms with E-state index >= 15 is 0 Å². The van der Waals surface area contributed by atoms with Gasteiger partial charge in [-0.1, -0.05) is 50.6 Å². The number of carbonyl (C=O) groups is 1. The van der Waals surface area contributed by atoms with E-state index in [9.17, 15) is 4.79 Å². The summed E-state index contributed by atoms with van der Waals surface area (Å²) in [5, 5.41) is 11.6. The average molecular weight is 520 g/mol. The normalized spacial score (nSPS) is 11.6. The molecule has 1 aromatic heterocycles. The maximum atomic E-state index is 12.3. The number of halogens is 2. The molecule has 0 bridgehead atoms. The SMILES string of the molecule is COc1cc(C=NNC(=O)c2cc(C(C)(C)C)[nH]n2)cc(Br)c1OCc1ccccc1Cl. The number of ether oxygens (including phenoxy) is 2. The number of hydrogen-bond donors (Lipinski definition) is 2. The van der Waals surface area contributed by atoms with Crippen molar-refractivity contribution in [3.8, 4) is 11.5 Å². The Morgan fingerprint density at radius 1 is 1.28 bits per heavy atom. The number of hydrazone groups is 1. The lowest BCUT2D eigenvalue weighted by atomic mass is 9.92. The molecule has 7 nitrogen and oxygen atoms in total. The fourth-order valence-corrected chi connectivity index (χ4v) is 3.53. The summed E-state index contributed by atoms with van der Waals surface area (Å²) < 4.78 is 12.1. The standard InChI is InChI=1S/C23H24BrClN4O3/c1-23(2,3)20-11-18(27-28-20)22(30)29-26-12-14-9-16(24)21(19(10-14)31-4)32-13-15-7-5-6-8-17(15)25/h5-12H,13H2,1-4H3,(H,27,28)(H,29,30). The van der Waals surface area contributed by atoms with E-state index in [4.69, 9.17) is 21.1 Å². The Kier molecular flexibility index (Phi) is 7.58. The maximum absolute atomic E-state index is 12.3. The molecule has 0 unspecified atom stereocenters. The van der Waals surface area contributed by atoms with Crippen LogP contribution in [0.5, 0.6) is 11.5 Å². The Morgan fingerprint density at radius 2 is 2.03 bits per heavy atom. The first-order valence-electron chi connectivity index (χ1n) is 9.82. The number of amides is 1. The van der Waals surface area contributed by atoms with Gasteiger partial charge >= 0.3 is 0 Å². The van der Waals surface area contributed by atoms with E-state index in [2.05, 4.69) is 36.7 Å². The second kappa shape index (κ2) is 10.2. The minimum Gasteiger partial charge on any atom is -0.493 e. The average Bonchev–Trinajstić information content (AvgIpc) is 3.25. The second-order valence-corrected chi connectivity index (χ2v) is 9.29. The first-order chi connectivity index (χ1) is 15.2. The molecule has 2 N–H and O–H groups in total.